The zero-order chi connectivity index (χ0) is 10.9. The molecule has 0 aliphatic heterocycles. The molecule has 0 radical (unpaired) electrons. The molecule has 0 amide bonds. The van der Waals surface area contributed by atoms with Crippen molar-refractivity contribution in [1.29, 1.82) is 0 Å². The van der Waals surface area contributed by atoms with Crippen molar-refractivity contribution in [3.8, 4) is 0 Å². The Morgan fingerprint density at radius 2 is 1.86 bits per heavy atom. The quantitative estimate of drug-likeness (QED) is 0.882. The molecule has 0 aliphatic carbocycles. The highest BCUT2D eigenvalue weighted by atomic mass is 79.9. The first-order valence-electron chi connectivity index (χ1n) is 4.43. The van der Waals surface area contributed by atoms with Gasteiger partial charge in [0.15, 0.2) is 0 Å². The standard InChI is InChI=1S/C11H13BrO2/c1-6-4-5-7(2)10(12)9(6)8(3)11(13)14/h4-5,8H,1-3H3,(H,13,14). The maximum absolute atomic E-state index is 10.9. The fraction of sp³-hybridized carbons (Fsp3) is 0.364. The van der Waals surface area contributed by atoms with Gasteiger partial charge in [-0.3, -0.25) is 4.79 Å². The Balaban J connectivity index is 3.32. The predicted molar refractivity (Wildman–Crippen MR) is 59.7 cm³/mol. The molecule has 1 atom stereocenters. The molecule has 3 heteroatoms. The first-order chi connectivity index (χ1) is 6.45. The third-order valence-electron chi connectivity index (χ3n) is 2.39. The lowest BCUT2D eigenvalue weighted by Gasteiger charge is -2.14. The molecule has 1 rings (SSSR count). The van der Waals surface area contributed by atoms with Gasteiger partial charge in [0.05, 0.1) is 5.92 Å². The van der Waals surface area contributed by atoms with Crippen LogP contribution in [-0.2, 0) is 4.79 Å². The number of aliphatic carboxylic acids is 1. The Labute approximate surface area is 92.1 Å². The van der Waals surface area contributed by atoms with E-state index in [0.717, 1.165) is 21.2 Å². The van der Waals surface area contributed by atoms with Gasteiger partial charge in [-0.15, -0.1) is 0 Å². The minimum absolute atomic E-state index is 0.468. The van der Waals surface area contributed by atoms with Gasteiger partial charge in [0, 0.05) is 4.47 Å². The Bertz CT molecular complexity index is 372. The number of carboxylic acids is 1. The third kappa shape index (κ3) is 1.98. The molecule has 0 bridgehead atoms. The van der Waals surface area contributed by atoms with E-state index >= 15 is 0 Å². The van der Waals surface area contributed by atoms with E-state index in [9.17, 15) is 4.79 Å². The van der Waals surface area contributed by atoms with E-state index in [0.29, 0.717) is 0 Å². The highest BCUT2D eigenvalue weighted by Crippen LogP contribution is 2.30. The number of rotatable bonds is 2. The van der Waals surface area contributed by atoms with Gasteiger partial charge in [0.25, 0.3) is 0 Å². The summed E-state index contributed by atoms with van der Waals surface area (Å²) in [5, 5.41) is 8.95. The molecule has 0 saturated heterocycles. The highest BCUT2D eigenvalue weighted by molar-refractivity contribution is 9.10. The molecule has 0 spiro atoms. The van der Waals surface area contributed by atoms with Gasteiger partial charge < -0.3 is 5.11 Å². The van der Waals surface area contributed by atoms with Crippen molar-refractivity contribution in [3.05, 3.63) is 33.3 Å². The Morgan fingerprint density at radius 1 is 1.36 bits per heavy atom. The van der Waals surface area contributed by atoms with Crippen LogP contribution in [0.5, 0.6) is 0 Å². The summed E-state index contributed by atoms with van der Waals surface area (Å²) < 4.78 is 0.910. The molecule has 1 N–H and O–H groups in total. The first-order valence-corrected chi connectivity index (χ1v) is 5.23. The first kappa shape index (κ1) is 11.2. The van der Waals surface area contributed by atoms with Crippen LogP contribution in [0, 0.1) is 13.8 Å². The largest absolute Gasteiger partial charge is 0.481 e. The summed E-state index contributed by atoms with van der Waals surface area (Å²) in [6, 6.07) is 3.94. The lowest BCUT2D eigenvalue weighted by atomic mass is 9.95. The lowest BCUT2D eigenvalue weighted by Crippen LogP contribution is -2.10. The summed E-state index contributed by atoms with van der Waals surface area (Å²) in [7, 11) is 0. The minimum atomic E-state index is -0.792. The zero-order valence-electron chi connectivity index (χ0n) is 8.47. The molecule has 0 aliphatic rings. The number of aryl methyl sites for hydroxylation is 2. The molecule has 0 fully saturated rings. The van der Waals surface area contributed by atoms with Crippen LogP contribution in [0.1, 0.15) is 29.5 Å². The second kappa shape index (κ2) is 4.13. The molecule has 2 nitrogen and oxygen atoms in total. The van der Waals surface area contributed by atoms with Crippen molar-refractivity contribution in [2.45, 2.75) is 26.7 Å². The van der Waals surface area contributed by atoms with Gasteiger partial charge in [-0.2, -0.15) is 0 Å². The molecule has 1 unspecified atom stereocenters. The van der Waals surface area contributed by atoms with Crippen LogP contribution in [0.25, 0.3) is 0 Å². The van der Waals surface area contributed by atoms with Crippen molar-refractivity contribution in [2.75, 3.05) is 0 Å². The summed E-state index contributed by atoms with van der Waals surface area (Å²) >= 11 is 3.44. The van der Waals surface area contributed by atoms with E-state index < -0.39 is 11.9 Å². The number of hydrogen-bond donors (Lipinski definition) is 1. The molecular weight excluding hydrogens is 244 g/mol. The minimum Gasteiger partial charge on any atom is -0.481 e. The number of hydrogen-bond acceptors (Lipinski definition) is 1. The average Bonchev–Trinajstić information content (AvgIpc) is 2.12. The Kier molecular flexibility index (Phi) is 3.32. The number of carbonyl (C=O) groups is 1. The second-order valence-corrected chi connectivity index (χ2v) is 4.28. The summed E-state index contributed by atoms with van der Waals surface area (Å²) in [4.78, 5) is 10.9. The van der Waals surface area contributed by atoms with Crippen molar-refractivity contribution in [3.63, 3.8) is 0 Å². The zero-order valence-corrected chi connectivity index (χ0v) is 10.1. The van der Waals surface area contributed by atoms with Gasteiger partial charge in [-0.05, 0) is 37.5 Å². The van der Waals surface area contributed by atoms with Crippen molar-refractivity contribution >= 4 is 21.9 Å². The third-order valence-corrected chi connectivity index (χ3v) is 3.45. The van der Waals surface area contributed by atoms with Crippen LogP contribution in [-0.4, -0.2) is 11.1 Å². The Hall–Kier alpha value is -0.830. The normalized spacial score (nSPS) is 12.6. The maximum atomic E-state index is 10.9. The van der Waals surface area contributed by atoms with E-state index in [4.69, 9.17) is 5.11 Å². The van der Waals surface area contributed by atoms with Crippen LogP contribution in [0.3, 0.4) is 0 Å². The van der Waals surface area contributed by atoms with Gasteiger partial charge in [0.2, 0.25) is 0 Å². The molecule has 0 aromatic heterocycles. The summed E-state index contributed by atoms with van der Waals surface area (Å²) in [5.74, 6) is -1.26. The van der Waals surface area contributed by atoms with Crippen LogP contribution >= 0.6 is 15.9 Å². The monoisotopic (exact) mass is 256 g/mol. The van der Waals surface area contributed by atoms with E-state index in [1.807, 2.05) is 26.0 Å². The highest BCUT2D eigenvalue weighted by Gasteiger charge is 2.19. The van der Waals surface area contributed by atoms with Crippen molar-refractivity contribution in [1.82, 2.24) is 0 Å². The van der Waals surface area contributed by atoms with Crippen molar-refractivity contribution < 1.29 is 9.90 Å². The van der Waals surface area contributed by atoms with Crippen LogP contribution in [0.15, 0.2) is 16.6 Å². The van der Waals surface area contributed by atoms with E-state index in [1.54, 1.807) is 6.92 Å². The van der Waals surface area contributed by atoms with Gasteiger partial charge in [-0.25, -0.2) is 0 Å². The summed E-state index contributed by atoms with van der Waals surface area (Å²) in [5.41, 5.74) is 2.95. The van der Waals surface area contributed by atoms with E-state index in [-0.39, 0.29) is 0 Å². The number of halogens is 1. The van der Waals surface area contributed by atoms with Gasteiger partial charge in [-0.1, -0.05) is 28.1 Å². The number of benzene rings is 1. The van der Waals surface area contributed by atoms with Gasteiger partial charge >= 0.3 is 5.97 Å². The molecular formula is C11H13BrO2. The lowest BCUT2D eigenvalue weighted by molar-refractivity contribution is -0.138. The van der Waals surface area contributed by atoms with Gasteiger partial charge in [0.1, 0.15) is 0 Å². The van der Waals surface area contributed by atoms with Crippen LogP contribution in [0.2, 0.25) is 0 Å². The molecule has 14 heavy (non-hydrogen) atoms. The smallest absolute Gasteiger partial charge is 0.310 e. The molecule has 76 valence electrons. The van der Waals surface area contributed by atoms with E-state index in [2.05, 4.69) is 15.9 Å². The van der Waals surface area contributed by atoms with Crippen molar-refractivity contribution in [2.24, 2.45) is 0 Å². The van der Waals surface area contributed by atoms with E-state index in [1.165, 1.54) is 0 Å². The fourth-order valence-electron chi connectivity index (χ4n) is 1.45. The predicted octanol–water partition coefficient (Wildman–Crippen LogP) is 3.25. The molecule has 0 saturated carbocycles. The number of carboxylic acid groups (broad SMARTS) is 1. The van der Waals surface area contributed by atoms with Crippen LogP contribution in [0.4, 0.5) is 0 Å². The molecule has 0 heterocycles. The summed E-state index contributed by atoms with van der Waals surface area (Å²) in [6.45, 7) is 5.59. The maximum Gasteiger partial charge on any atom is 0.310 e. The average molecular weight is 257 g/mol. The Morgan fingerprint density at radius 3 is 2.36 bits per heavy atom. The SMILES string of the molecule is Cc1ccc(C)c(C(C)C(=O)O)c1Br. The fourth-order valence-corrected chi connectivity index (χ4v) is 2.24. The molecule has 1 aromatic rings. The molecule has 1 aromatic carbocycles. The second-order valence-electron chi connectivity index (χ2n) is 3.49. The topological polar surface area (TPSA) is 37.3 Å². The van der Waals surface area contributed by atoms with Crippen LogP contribution < -0.4 is 0 Å². The summed E-state index contributed by atoms with van der Waals surface area (Å²) in [6.07, 6.45) is 0.